The number of amides is 2. The lowest BCUT2D eigenvalue weighted by atomic mass is 10.5. The molecule has 2 rings (SSSR count). The van der Waals surface area contributed by atoms with Gasteiger partial charge in [-0.25, -0.2) is 23.7 Å². The molecule has 0 saturated carbocycles. The van der Waals surface area contributed by atoms with E-state index >= 15 is 0 Å². The summed E-state index contributed by atoms with van der Waals surface area (Å²) < 4.78 is 32.0. The number of ether oxygens (including phenoxy) is 1. The molecule has 0 aromatic carbocycles. The lowest BCUT2D eigenvalue weighted by molar-refractivity contribution is 0.253. The third-order valence-corrected chi connectivity index (χ3v) is 3.51. The van der Waals surface area contributed by atoms with E-state index in [0.29, 0.717) is 0 Å². The highest BCUT2D eigenvalue weighted by atomic mass is 35.6. The van der Waals surface area contributed by atoms with E-state index in [1.165, 1.54) is 24.2 Å². The van der Waals surface area contributed by atoms with Crippen LogP contribution in [0.3, 0.4) is 0 Å². The lowest BCUT2D eigenvalue weighted by Crippen LogP contribution is -2.37. The number of nitrogens with zero attached hydrogens (tertiary/aromatic N) is 4. The summed E-state index contributed by atoms with van der Waals surface area (Å²) in [5.74, 6) is -0.248. The predicted octanol–water partition coefficient (Wildman–Crippen LogP) is 1.18. The Labute approximate surface area is 156 Å². The second-order valence-electron chi connectivity index (χ2n) is 4.17. The summed E-state index contributed by atoms with van der Waals surface area (Å²) in [5.41, 5.74) is 0.384. The van der Waals surface area contributed by atoms with Gasteiger partial charge >= 0.3 is 16.3 Å². The summed E-state index contributed by atoms with van der Waals surface area (Å²) in [6, 6.07) is -1.21. The third kappa shape index (κ3) is 5.93. The molecule has 2 heterocycles. The monoisotopic (exact) mass is 430 g/mol. The molecule has 2 N–H and O–H groups in total. The lowest BCUT2D eigenvalue weighted by Gasteiger charge is -2.12. The van der Waals surface area contributed by atoms with Gasteiger partial charge in [-0.1, -0.05) is 34.8 Å². The average molecular weight is 432 g/mol. The van der Waals surface area contributed by atoms with E-state index in [-0.39, 0.29) is 23.0 Å². The van der Waals surface area contributed by atoms with Crippen molar-refractivity contribution < 1.29 is 22.1 Å². The second kappa shape index (κ2) is 7.66. The quantitative estimate of drug-likeness (QED) is 0.666. The molecular weight excluding hydrogens is 423 g/mol. The fourth-order valence-corrected chi connectivity index (χ4v) is 2.48. The maximum atomic E-state index is 11.8. The van der Waals surface area contributed by atoms with Gasteiger partial charge in [0.2, 0.25) is 15.6 Å². The Morgan fingerprint density at radius 3 is 2.56 bits per heavy atom. The number of methoxy groups -OCH3 is 1. The number of halogens is 3. The number of aromatic nitrogens is 4. The van der Waals surface area contributed by atoms with Gasteiger partial charge < -0.3 is 4.74 Å². The van der Waals surface area contributed by atoms with Crippen LogP contribution in [0.25, 0.3) is 11.2 Å². The molecule has 2 amide bonds. The normalized spacial score (nSPS) is 12.0. The Morgan fingerprint density at radius 2 is 1.92 bits per heavy atom. The molecule has 0 radical (unpaired) electrons. The number of anilines is 1. The van der Waals surface area contributed by atoms with Gasteiger partial charge in [0.05, 0.1) is 7.11 Å². The van der Waals surface area contributed by atoms with Crippen molar-refractivity contribution in [2.75, 3.05) is 19.0 Å². The highest BCUT2D eigenvalue weighted by molar-refractivity contribution is 7.85. The fourth-order valence-electron chi connectivity index (χ4n) is 1.45. The molecule has 15 heteroatoms. The molecule has 0 saturated heterocycles. The molecule has 25 heavy (non-hydrogen) atoms. The molecule has 2 aromatic heterocycles. The van der Waals surface area contributed by atoms with Gasteiger partial charge in [0.25, 0.3) is 0 Å². The van der Waals surface area contributed by atoms with Crippen molar-refractivity contribution in [3.63, 3.8) is 0 Å². The van der Waals surface area contributed by atoms with Crippen LogP contribution in [0.15, 0.2) is 12.4 Å². The van der Waals surface area contributed by atoms with Crippen molar-refractivity contribution >= 4 is 68.3 Å². The Hall–Kier alpha value is -1.73. The first-order valence-corrected chi connectivity index (χ1v) is 8.71. The first-order chi connectivity index (χ1) is 11.6. The van der Waals surface area contributed by atoms with Crippen molar-refractivity contribution in [2.45, 2.75) is 3.79 Å². The second-order valence-corrected chi connectivity index (χ2v) is 8.04. The molecule has 0 spiro atoms. The van der Waals surface area contributed by atoms with Gasteiger partial charge in [-0.2, -0.15) is 18.4 Å². The smallest absolute Gasteiger partial charge is 0.363 e. The van der Waals surface area contributed by atoms with Crippen LogP contribution in [-0.4, -0.2) is 51.9 Å². The summed E-state index contributed by atoms with van der Waals surface area (Å²) in [5, 5.41) is 2.08. The van der Waals surface area contributed by atoms with Crippen molar-refractivity contribution in [1.29, 1.82) is 0 Å². The van der Waals surface area contributed by atoms with Crippen LogP contribution in [0.2, 0.25) is 0 Å². The molecule has 0 unspecified atom stereocenters. The molecule has 0 aliphatic carbocycles. The summed E-state index contributed by atoms with van der Waals surface area (Å²) in [4.78, 5) is 27.4. The largest absolute Gasteiger partial charge is 0.479 e. The molecule has 11 nitrogen and oxygen atoms in total. The average Bonchev–Trinajstić information content (AvgIpc) is 2.51. The first-order valence-electron chi connectivity index (χ1n) is 6.17. The van der Waals surface area contributed by atoms with Crippen LogP contribution >= 0.6 is 34.8 Å². The minimum Gasteiger partial charge on any atom is -0.479 e. The van der Waals surface area contributed by atoms with Crippen LogP contribution in [-0.2, 0) is 14.5 Å². The van der Waals surface area contributed by atoms with Crippen molar-refractivity contribution in [3.05, 3.63) is 12.4 Å². The number of carbonyl (C=O) groups is 1. The zero-order valence-corrected chi connectivity index (χ0v) is 15.3. The summed E-state index contributed by atoms with van der Waals surface area (Å²) in [6.45, 7) is -0.795. The van der Waals surface area contributed by atoms with E-state index in [1.807, 2.05) is 0 Å². The highest BCUT2D eigenvalue weighted by Crippen LogP contribution is 2.26. The Balaban J connectivity index is 2.11. The van der Waals surface area contributed by atoms with Crippen molar-refractivity contribution in [2.24, 2.45) is 0 Å². The van der Waals surface area contributed by atoms with E-state index in [9.17, 15) is 13.2 Å². The number of nitrogens with one attached hydrogen (secondary N) is 2. The third-order valence-electron chi connectivity index (χ3n) is 2.31. The fraction of sp³-hybridized carbons (Fsp3) is 0.300. The summed E-state index contributed by atoms with van der Waals surface area (Å²) in [6.07, 6.45) is 2.77. The maximum Gasteiger partial charge on any atom is 0.363 e. The van der Waals surface area contributed by atoms with Gasteiger partial charge in [0.1, 0.15) is 6.61 Å². The topological polar surface area (TPSA) is 145 Å². The van der Waals surface area contributed by atoms with Gasteiger partial charge in [-0.3, -0.25) is 5.32 Å². The molecule has 0 aliphatic rings. The predicted molar refractivity (Wildman–Crippen MR) is 89.0 cm³/mol. The van der Waals surface area contributed by atoms with Gasteiger partial charge in [0, 0.05) is 12.4 Å². The Kier molecular flexibility index (Phi) is 6.00. The van der Waals surface area contributed by atoms with Crippen molar-refractivity contribution in [3.8, 4) is 5.88 Å². The van der Waals surface area contributed by atoms with Crippen LogP contribution in [0.1, 0.15) is 0 Å². The summed E-state index contributed by atoms with van der Waals surface area (Å²) >= 11 is 16.1. The molecule has 2 aromatic rings. The van der Waals surface area contributed by atoms with E-state index in [1.54, 1.807) is 0 Å². The Bertz CT molecular complexity index is 890. The SMILES string of the molecule is COc1nc(NC(=O)NS(=O)(=O)OCC(Cl)(Cl)Cl)nc2nccnc12. The van der Waals surface area contributed by atoms with Gasteiger partial charge in [0.15, 0.2) is 11.2 Å². The number of carbonyl (C=O) groups excluding carboxylic acids is 1. The molecule has 0 aliphatic heterocycles. The summed E-state index contributed by atoms with van der Waals surface area (Å²) in [7, 11) is -3.19. The zero-order chi connectivity index (χ0) is 18.7. The van der Waals surface area contributed by atoms with E-state index in [2.05, 4.69) is 29.4 Å². The number of fused-ring (bicyclic) bond motifs is 1. The molecule has 0 bridgehead atoms. The van der Waals surface area contributed by atoms with Crippen LogP contribution in [0.4, 0.5) is 10.7 Å². The number of hydrogen-bond donors (Lipinski definition) is 2. The van der Waals surface area contributed by atoms with E-state index < -0.39 is 26.7 Å². The van der Waals surface area contributed by atoms with Gasteiger partial charge in [-0.05, 0) is 0 Å². The molecule has 0 fully saturated rings. The molecule has 0 atom stereocenters. The first kappa shape index (κ1) is 19.6. The zero-order valence-electron chi connectivity index (χ0n) is 12.2. The maximum absolute atomic E-state index is 11.8. The minimum absolute atomic E-state index is 0.0312. The Morgan fingerprint density at radius 1 is 1.24 bits per heavy atom. The van der Waals surface area contributed by atoms with Gasteiger partial charge in [-0.15, -0.1) is 0 Å². The minimum atomic E-state index is -4.52. The van der Waals surface area contributed by atoms with E-state index in [0.717, 1.165) is 0 Å². The highest BCUT2D eigenvalue weighted by Gasteiger charge is 2.26. The molecular formula is C10H9Cl3N6O5S. The van der Waals surface area contributed by atoms with Crippen LogP contribution in [0.5, 0.6) is 5.88 Å². The number of urea groups is 1. The number of hydrogen-bond acceptors (Lipinski definition) is 9. The van der Waals surface area contributed by atoms with Crippen LogP contribution in [0, 0.1) is 0 Å². The molecule has 136 valence electrons. The van der Waals surface area contributed by atoms with Crippen molar-refractivity contribution in [1.82, 2.24) is 24.7 Å². The van der Waals surface area contributed by atoms with Crippen LogP contribution < -0.4 is 14.8 Å². The van der Waals surface area contributed by atoms with E-state index in [4.69, 9.17) is 39.5 Å². The standard InChI is InChI=1S/C10H9Cl3N6O5S/c1-23-7-5-6(15-3-2-14-5)16-8(17-7)18-9(20)19-25(21,22)24-4-10(11,12)13/h2-3H,4H2,1H3,(H2,15,16,17,18,19,20). The number of alkyl halides is 3. The number of rotatable bonds is 5.